The Bertz CT molecular complexity index is 1050. The van der Waals surface area contributed by atoms with Crippen molar-refractivity contribution in [3.8, 4) is 5.95 Å². The second-order valence-corrected chi connectivity index (χ2v) is 8.27. The number of benzene rings is 2. The van der Waals surface area contributed by atoms with Gasteiger partial charge >= 0.3 is 0 Å². The molecule has 0 spiro atoms. The van der Waals surface area contributed by atoms with E-state index in [1.165, 1.54) is 58.8 Å². The highest BCUT2D eigenvalue weighted by Crippen LogP contribution is 2.40. The largest absolute Gasteiger partial charge is 0.277 e. The lowest BCUT2D eigenvalue weighted by atomic mass is 10.0. The average molecular weight is 359 g/mol. The van der Waals surface area contributed by atoms with Crippen molar-refractivity contribution in [1.82, 2.24) is 14.5 Å². The SMILES string of the molecule is c1cnc(-n2c3ccccc3c3cccc(SC4CCCCC4)c32)nc1. The van der Waals surface area contributed by atoms with Crippen LogP contribution in [-0.2, 0) is 0 Å². The van der Waals surface area contributed by atoms with Gasteiger partial charge in [-0.05, 0) is 31.0 Å². The number of fused-ring (bicyclic) bond motifs is 3. The van der Waals surface area contributed by atoms with Gasteiger partial charge in [0.2, 0.25) is 5.95 Å². The smallest absolute Gasteiger partial charge is 0.234 e. The zero-order chi connectivity index (χ0) is 17.3. The molecule has 0 saturated heterocycles. The third kappa shape index (κ3) is 2.69. The molecule has 2 aromatic heterocycles. The lowest BCUT2D eigenvalue weighted by molar-refractivity contribution is 0.516. The molecule has 0 bridgehead atoms. The van der Waals surface area contributed by atoms with Crippen LogP contribution in [0.5, 0.6) is 0 Å². The zero-order valence-corrected chi connectivity index (χ0v) is 15.5. The lowest BCUT2D eigenvalue weighted by Gasteiger charge is -2.21. The number of para-hydroxylation sites is 2. The Morgan fingerprint density at radius 2 is 1.58 bits per heavy atom. The molecule has 2 aromatic carbocycles. The number of hydrogen-bond donors (Lipinski definition) is 0. The first-order chi connectivity index (χ1) is 12.9. The summed E-state index contributed by atoms with van der Waals surface area (Å²) < 4.78 is 2.23. The molecule has 0 radical (unpaired) electrons. The molecule has 1 aliphatic carbocycles. The first kappa shape index (κ1) is 15.9. The number of rotatable bonds is 3. The Balaban J connectivity index is 1.76. The fourth-order valence-corrected chi connectivity index (χ4v) is 5.46. The maximum atomic E-state index is 4.55. The van der Waals surface area contributed by atoms with E-state index < -0.39 is 0 Å². The standard InChI is InChI=1S/C22H21N3S/c1-2-8-16(9-3-1)26-20-13-6-11-18-17-10-4-5-12-19(17)25(21(18)20)22-23-14-7-15-24-22/h4-7,10-16H,1-3,8-9H2. The molecule has 3 nitrogen and oxygen atoms in total. The highest BCUT2D eigenvalue weighted by molar-refractivity contribution is 8.00. The average Bonchev–Trinajstić information content (AvgIpc) is 3.05. The van der Waals surface area contributed by atoms with E-state index in [1.807, 2.05) is 30.2 Å². The second kappa shape index (κ2) is 6.76. The van der Waals surface area contributed by atoms with E-state index in [1.54, 1.807) is 0 Å². The molecule has 2 heterocycles. The van der Waals surface area contributed by atoms with Crippen molar-refractivity contribution in [2.24, 2.45) is 0 Å². The van der Waals surface area contributed by atoms with E-state index in [0.29, 0.717) is 0 Å². The summed E-state index contributed by atoms with van der Waals surface area (Å²) in [5, 5.41) is 3.27. The highest BCUT2D eigenvalue weighted by atomic mass is 32.2. The molecule has 130 valence electrons. The van der Waals surface area contributed by atoms with Crippen molar-refractivity contribution in [3.63, 3.8) is 0 Å². The van der Waals surface area contributed by atoms with Crippen molar-refractivity contribution >= 4 is 33.6 Å². The summed E-state index contributed by atoms with van der Waals surface area (Å²) >= 11 is 2.04. The molecule has 0 amide bonds. The van der Waals surface area contributed by atoms with Crippen molar-refractivity contribution in [2.45, 2.75) is 42.2 Å². The van der Waals surface area contributed by atoms with Crippen LogP contribution in [0, 0.1) is 0 Å². The van der Waals surface area contributed by atoms with Crippen molar-refractivity contribution in [2.75, 3.05) is 0 Å². The Hall–Kier alpha value is -2.33. The minimum atomic E-state index is 0.720. The molecule has 1 fully saturated rings. The van der Waals surface area contributed by atoms with E-state index in [9.17, 15) is 0 Å². The van der Waals surface area contributed by atoms with Gasteiger partial charge in [-0.1, -0.05) is 49.6 Å². The molecule has 0 unspecified atom stereocenters. The molecule has 0 atom stereocenters. The maximum absolute atomic E-state index is 4.55. The van der Waals surface area contributed by atoms with Crippen LogP contribution in [0.3, 0.4) is 0 Å². The van der Waals surface area contributed by atoms with Crippen LogP contribution in [0.4, 0.5) is 0 Å². The number of thioether (sulfide) groups is 1. The summed E-state index contributed by atoms with van der Waals surface area (Å²) in [5.41, 5.74) is 2.42. The van der Waals surface area contributed by atoms with Gasteiger partial charge in [0, 0.05) is 33.3 Å². The summed E-state index contributed by atoms with van der Waals surface area (Å²) in [7, 11) is 0. The van der Waals surface area contributed by atoms with Crippen LogP contribution < -0.4 is 0 Å². The number of aromatic nitrogens is 3. The Morgan fingerprint density at radius 3 is 2.42 bits per heavy atom. The van der Waals surface area contributed by atoms with Crippen LogP contribution in [0.1, 0.15) is 32.1 Å². The van der Waals surface area contributed by atoms with Gasteiger partial charge in [0.05, 0.1) is 11.0 Å². The van der Waals surface area contributed by atoms with Crippen molar-refractivity contribution in [1.29, 1.82) is 0 Å². The van der Waals surface area contributed by atoms with Crippen LogP contribution in [-0.4, -0.2) is 19.8 Å². The second-order valence-electron chi connectivity index (χ2n) is 6.93. The minimum Gasteiger partial charge on any atom is -0.277 e. The van der Waals surface area contributed by atoms with Gasteiger partial charge in [-0.15, -0.1) is 11.8 Å². The van der Waals surface area contributed by atoms with E-state index >= 15 is 0 Å². The molecule has 0 N–H and O–H groups in total. The monoisotopic (exact) mass is 359 g/mol. The molecule has 4 aromatic rings. The topological polar surface area (TPSA) is 30.7 Å². The Labute approximate surface area is 157 Å². The van der Waals surface area contributed by atoms with Gasteiger partial charge in [0.15, 0.2) is 0 Å². The number of hydrogen-bond acceptors (Lipinski definition) is 3. The van der Waals surface area contributed by atoms with Gasteiger partial charge < -0.3 is 0 Å². The normalized spacial score (nSPS) is 15.7. The van der Waals surface area contributed by atoms with Gasteiger partial charge in [0.25, 0.3) is 0 Å². The molecule has 5 rings (SSSR count). The van der Waals surface area contributed by atoms with Gasteiger partial charge in [-0.3, -0.25) is 4.57 Å². The summed E-state index contributed by atoms with van der Waals surface area (Å²) in [4.78, 5) is 10.4. The van der Waals surface area contributed by atoms with Gasteiger partial charge in [-0.2, -0.15) is 0 Å². The first-order valence-corrected chi connectivity index (χ1v) is 10.3. The van der Waals surface area contributed by atoms with Crippen molar-refractivity contribution in [3.05, 3.63) is 60.9 Å². The summed E-state index contributed by atoms with van der Waals surface area (Å²) in [6, 6.07) is 17.1. The Morgan fingerprint density at radius 1 is 0.808 bits per heavy atom. The van der Waals surface area contributed by atoms with E-state index in [2.05, 4.69) is 57.0 Å². The third-order valence-electron chi connectivity index (χ3n) is 5.26. The van der Waals surface area contributed by atoms with Gasteiger partial charge in [-0.25, -0.2) is 9.97 Å². The fraction of sp³-hybridized carbons (Fsp3) is 0.273. The quantitative estimate of drug-likeness (QED) is 0.449. The van der Waals surface area contributed by atoms with Gasteiger partial charge in [0.1, 0.15) is 0 Å². The van der Waals surface area contributed by atoms with Crippen LogP contribution in [0.15, 0.2) is 65.8 Å². The fourth-order valence-electron chi connectivity index (χ4n) is 4.06. The van der Waals surface area contributed by atoms with E-state index in [4.69, 9.17) is 0 Å². The lowest BCUT2D eigenvalue weighted by Crippen LogP contribution is -2.08. The summed E-state index contributed by atoms with van der Waals surface area (Å²) in [6.45, 7) is 0. The highest BCUT2D eigenvalue weighted by Gasteiger charge is 2.20. The van der Waals surface area contributed by atoms with Crippen molar-refractivity contribution < 1.29 is 0 Å². The molecular weight excluding hydrogens is 338 g/mol. The third-order valence-corrected chi connectivity index (χ3v) is 6.64. The molecule has 1 saturated carbocycles. The van der Waals surface area contributed by atoms with E-state index in [0.717, 1.165) is 11.2 Å². The predicted molar refractivity (Wildman–Crippen MR) is 109 cm³/mol. The summed E-state index contributed by atoms with van der Waals surface area (Å²) in [5.74, 6) is 0.746. The molecule has 4 heteroatoms. The Kier molecular flexibility index (Phi) is 4.13. The first-order valence-electron chi connectivity index (χ1n) is 9.38. The predicted octanol–water partition coefficient (Wildman–Crippen LogP) is 6.00. The van der Waals surface area contributed by atoms with E-state index in [-0.39, 0.29) is 0 Å². The molecule has 1 aliphatic rings. The zero-order valence-electron chi connectivity index (χ0n) is 14.6. The van der Waals surface area contributed by atoms with Crippen LogP contribution in [0.25, 0.3) is 27.8 Å². The molecular formula is C22H21N3S. The molecule has 26 heavy (non-hydrogen) atoms. The summed E-state index contributed by atoms with van der Waals surface area (Å²) in [6.07, 6.45) is 10.4. The van der Waals surface area contributed by atoms with Crippen LogP contribution >= 0.6 is 11.8 Å². The minimum absolute atomic E-state index is 0.720. The maximum Gasteiger partial charge on any atom is 0.234 e. The van der Waals surface area contributed by atoms with Crippen LogP contribution in [0.2, 0.25) is 0 Å². The number of nitrogens with zero attached hydrogens (tertiary/aromatic N) is 3. The molecule has 0 aliphatic heterocycles.